The molecule has 4 rings (SSSR count). The number of nitrogens with zero attached hydrogens (tertiary/aromatic N) is 6. The van der Waals surface area contributed by atoms with Crippen LogP contribution in [0.15, 0.2) is 24.7 Å². The highest BCUT2D eigenvalue weighted by Crippen LogP contribution is 2.36. The van der Waals surface area contributed by atoms with Crippen molar-refractivity contribution in [2.75, 3.05) is 25.0 Å². The third-order valence-electron chi connectivity index (χ3n) is 5.33. The van der Waals surface area contributed by atoms with Gasteiger partial charge in [0, 0.05) is 43.3 Å². The van der Waals surface area contributed by atoms with Crippen LogP contribution in [-0.4, -0.2) is 50.8 Å². The summed E-state index contributed by atoms with van der Waals surface area (Å²) in [6.45, 7) is 9.48. The zero-order chi connectivity index (χ0) is 17.6. The van der Waals surface area contributed by atoms with Gasteiger partial charge in [0.25, 0.3) is 0 Å². The molecular weight excluding hydrogens is 312 g/mol. The van der Waals surface area contributed by atoms with Gasteiger partial charge in [-0.1, -0.05) is 20.8 Å². The number of rotatable bonds is 5. The molecule has 2 aromatic heterocycles. The van der Waals surface area contributed by atoms with E-state index in [2.05, 4.69) is 69.5 Å². The van der Waals surface area contributed by atoms with Gasteiger partial charge in [-0.25, -0.2) is 4.98 Å². The SMILES string of the molecule is CN(Cc1cncn1C1CC1)C1CN(c2ccc(C(C)(C)C)nn2)C1. The van der Waals surface area contributed by atoms with Gasteiger partial charge < -0.3 is 9.47 Å². The molecule has 6 heteroatoms. The van der Waals surface area contributed by atoms with Crippen LogP contribution in [0.4, 0.5) is 5.82 Å². The highest BCUT2D eigenvalue weighted by molar-refractivity contribution is 5.42. The molecule has 0 bridgehead atoms. The Morgan fingerprint density at radius 1 is 1.16 bits per heavy atom. The Morgan fingerprint density at radius 2 is 1.92 bits per heavy atom. The second-order valence-electron chi connectivity index (χ2n) is 8.52. The second kappa shape index (κ2) is 6.09. The molecule has 3 heterocycles. The topological polar surface area (TPSA) is 50.1 Å². The molecule has 2 aromatic rings. The molecule has 25 heavy (non-hydrogen) atoms. The molecule has 1 aliphatic carbocycles. The lowest BCUT2D eigenvalue weighted by atomic mass is 9.92. The number of hydrogen-bond donors (Lipinski definition) is 0. The molecule has 1 saturated carbocycles. The summed E-state index contributed by atoms with van der Waals surface area (Å²) < 4.78 is 2.35. The molecule has 6 nitrogen and oxygen atoms in total. The Bertz CT molecular complexity index is 719. The molecule has 0 amide bonds. The molecule has 0 unspecified atom stereocenters. The van der Waals surface area contributed by atoms with Crippen molar-refractivity contribution in [3.05, 3.63) is 36.0 Å². The lowest BCUT2D eigenvalue weighted by Gasteiger charge is -2.44. The molecule has 1 saturated heterocycles. The third-order valence-corrected chi connectivity index (χ3v) is 5.33. The smallest absolute Gasteiger partial charge is 0.151 e. The predicted molar refractivity (Wildman–Crippen MR) is 98.7 cm³/mol. The number of hydrogen-bond acceptors (Lipinski definition) is 5. The molecule has 0 radical (unpaired) electrons. The first kappa shape index (κ1) is 16.5. The van der Waals surface area contributed by atoms with Crippen molar-refractivity contribution < 1.29 is 0 Å². The molecule has 2 fully saturated rings. The van der Waals surface area contributed by atoms with Crippen molar-refractivity contribution in [2.45, 2.75) is 57.7 Å². The summed E-state index contributed by atoms with van der Waals surface area (Å²) >= 11 is 0. The van der Waals surface area contributed by atoms with Crippen LogP contribution in [0, 0.1) is 0 Å². The fourth-order valence-electron chi connectivity index (χ4n) is 3.34. The maximum absolute atomic E-state index is 4.43. The largest absolute Gasteiger partial charge is 0.352 e. The van der Waals surface area contributed by atoms with E-state index in [1.54, 1.807) is 0 Å². The van der Waals surface area contributed by atoms with Gasteiger partial charge in [-0.3, -0.25) is 4.90 Å². The van der Waals surface area contributed by atoms with E-state index in [9.17, 15) is 0 Å². The van der Waals surface area contributed by atoms with E-state index in [4.69, 9.17) is 0 Å². The molecule has 134 valence electrons. The minimum Gasteiger partial charge on any atom is -0.352 e. The van der Waals surface area contributed by atoms with Crippen LogP contribution in [0.3, 0.4) is 0 Å². The highest BCUT2D eigenvalue weighted by Gasteiger charge is 2.32. The van der Waals surface area contributed by atoms with Gasteiger partial charge in [0.1, 0.15) is 0 Å². The van der Waals surface area contributed by atoms with Gasteiger partial charge in [0.15, 0.2) is 5.82 Å². The van der Waals surface area contributed by atoms with Gasteiger partial charge in [-0.15, -0.1) is 5.10 Å². The van der Waals surface area contributed by atoms with Crippen molar-refractivity contribution in [2.24, 2.45) is 0 Å². The van der Waals surface area contributed by atoms with Crippen molar-refractivity contribution in [1.29, 1.82) is 0 Å². The van der Waals surface area contributed by atoms with E-state index in [1.165, 1.54) is 18.5 Å². The molecule has 0 N–H and O–H groups in total. The maximum atomic E-state index is 4.43. The van der Waals surface area contributed by atoms with Crippen LogP contribution in [0.5, 0.6) is 0 Å². The van der Waals surface area contributed by atoms with Crippen molar-refractivity contribution >= 4 is 5.82 Å². The van der Waals surface area contributed by atoms with E-state index in [0.29, 0.717) is 12.1 Å². The second-order valence-corrected chi connectivity index (χ2v) is 8.52. The minimum absolute atomic E-state index is 0.0493. The summed E-state index contributed by atoms with van der Waals surface area (Å²) in [6.07, 6.45) is 6.60. The van der Waals surface area contributed by atoms with Crippen LogP contribution < -0.4 is 4.90 Å². The first-order valence-electron chi connectivity index (χ1n) is 9.22. The predicted octanol–water partition coefficient (Wildman–Crippen LogP) is 2.63. The normalized spacial score (nSPS) is 18.7. The summed E-state index contributed by atoms with van der Waals surface area (Å²) in [7, 11) is 2.21. The molecule has 1 aliphatic heterocycles. The maximum Gasteiger partial charge on any atom is 0.151 e. The standard InChI is InChI=1S/C19H28N6/c1-19(2,3)17-7-8-18(22-21-17)24-11-16(12-24)23(4)10-15-9-20-13-25(15)14-5-6-14/h7-9,13-14,16H,5-6,10-12H2,1-4H3. The van der Waals surface area contributed by atoms with Crippen LogP contribution in [0.1, 0.15) is 51.0 Å². The van der Waals surface area contributed by atoms with Crippen molar-refractivity contribution in [3.8, 4) is 0 Å². The minimum atomic E-state index is 0.0493. The van der Waals surface area contributed by atoms with E-state index in [0.717, 1.165) is 31.1 Å². The van der Waals surface area contributed by atoms with Gasteiger partial charge in [-0.2, -0.15) is 5.10 Å². The van der Waals surface area contributed by atoms with Gasteiger partial charge in [0.2, 0.25) is 0 Å². The summed E-state index contributed by atoms with van der Waals surface area (Å²) in [6, 6.07) is 5.46. The molecule has 2 aliphatic rings. The Hall–Kier alpha value is -1.95. The Morgan fingerprint density at radius 3 is 2.52 bits per heavy atom. The van der Waals surface area contributed by atoms with E-state index in [1.807, 2.05) is 12.5 Å². The van der Waals surface area contributed by atoms with Gasteiger partial charge in [-0.05, 0) is 32.0 Å². The monoisotopic (exact) mass is 340 g/mol. The molecule has 0 atom stereocenters. The average Bonchev–Trinajstić information content (AvgIpc) is 3.26. The van der Waals surface area contributed by atoms with E-state index >= 15 is 0 Å². The quantitative estimate of drug-likeness (QED) is 0.837. The first-order valence-corrected chi connectivity index (χ1v) is 9.22. The van der Waals surface area contributed by atoms with Gasteiger partial charge in [0.05, 0.1) is 17.7 Å². The van der Waals surface area contributed by atoms with Crippen LogP contribution in [-0.2, 0) is 12.0 Å². The van der Waals surface area contributed by atoms with Crippen molar-refractivity contribution in [3.63, 3.8) is 0 Å². The van der Waals surface area contributed by atoms with Crippen LogP contribution >= 0.6 is 0 Å². The van der Waals surface area contributed by atoms with Crippen LogP contribution in [0.25, 0.3) is 0 Å². The number of imidazole rings is 1. The fourth-order valence-corrected chi connectivity index (χ4v) is 3.34. The third kappa shape index (κ3) is 3.40. The first-order chi connectivity index (χ1) is 11.9. The molecule has 0 aromatic carbocycles. The molecule has 0 spiro atoms. The summed E-state index contributed by atoms with van der Waals surface area (Å²) in [4.78, 5) is 9.08. The number of anilines is 1. The Labute approximate surface area is 149 Å². The number of likely N-dealkylation sites (N-methyl/N-ethyl adjacent to an activating group) is 1. The zero-order valence-electron chi connectivity index (χ0n) is 15.7. The highest BCUT2D eigenvalue weighted by atomic mass is 15.4. The van der Waals surface area contributed by atoms with Crippen LogP contribution in [0.2, 0.25) is 0 Å². The molecular formula is C19H28N6. The lowest BCUT2D eigenvalue weighted by Crippen LogP contribution is -2.58. The Kier molecular flexibility index (Phi) is 4.02. The Balaban J connectivity index is 1.33. The number of aromatic nitrogens is 4. The summed E-state index contributed by atoms with van der Waals surface area (Å²) in [5, 5.41) is 8.83. The van der Waals surface area contributed by atoms with E-state index < -0.39 is 0 Å². The lowest BCUT2D eigenvalue weighted by molar-refractivity contribution is 0.192. The van der Waals surface area contributed by atoms with E-state index in [-0.39, 0.29) is 5.41 Å². The van der Waals surface area contributed by atoms with Crippen molar-refractivity contribution in [1.82, 2.24) is 24.6 Å². The summed E-state index contributed by atoms with van der Waals surface area (Å²) in [5.41, 5.74) is 2.42. The summed E-state index contributed by atoms with van der Waals surface area (Å²) in [5.74, 6) is 0.987. The zero-order valence-corrected chi connectivity index (χ0v) is 15.7. The van der Waals surface area contributed by atoms with Gasteiger partial charge >= 0.3 is 0 Å². The average molecular weight is 340 g/mol. The fraction of sp³-hybridized carbons (Fsp3) is 0.632.